The molecule has 0 amide bonds. The Bertz CT molecular complexity index is 611. The van der Waals surface area contributed by atoms with E-state index < -0.39 is 0 Å². The molecule has 1 aromatic carbocycles. The Labute approximate surface area is 148 Å². The van der Waals surface area contributed by atoms with Gasteiger partial charge in [-0.3, -0.25) is 9.80 Å². The first kappa shape index (κ1) is 17.6. The van der Waals surface area contributed by atoms with Crippen LogP contribution in [-0.2, 0) is 11.3 Å². The Morgan fingerprint density at radius 2 is 1.96 bits per heavy atom. The van der Waals surface area contributed by atoms with Crippen molar-refractivity contribution in [3.63, 3.8) is 0 Å². The molecule has 1 N–H and O–H groups in total. The molecule has 1 aromatic heterocycles. The maximum atomic E-state index is 10.3. The first-order chi connectivity index (χ1) is 11.7. The van der Waals surface area contributed by atoms with Gasteiger partial charge in [0.2, 0.25) is 0 Å². The van der Waals surface area contributed by atoms with Crippen molar-refractivity contribution in [1.29, 1.82) is 0 Å². The summed E-state index contributed by atoms with van der Waals surface area (Å²) in [6.45, 7) is 5.69. The summed E-state index contributed by atoms with van der Waals surface area (Å²) < 4.78 is 5.35. The van der Waals surface area contributed by atoms with Crippen molar-refractivity contribution in [2.24, 2.45) is 0 Å². The van der Waals surface area contributed by atoms with Gasteiger partial charge in [0.05, 0.1) is 19.3 Å². The number of aliphatic hydroxyl groups is 1. The van der Waals surface area contributed by atoms with Gasteiger partial charge >= 0.3 is 0 Å². The van der Waals surface area contributed by atoms with Crippen molar-refractivity contribution in [1.82, 2.24) is 9.80 Å². The highest BCUT2D eigenvalue weighted by Crippen LogP contribution is 2.26. The lowest BCUT2D eigenvalue weighted by molar-refractivity contribution is 0.00831. The van der Waals surface area contributed by atoms with Crippen LogP contribution in [0.2, 0.25) is 0 Å². The Kier molecular flexibility index (Phi) is 6.40. The van der Waals surface area contributed by atoms with Crippen LogP contribution in [0.25, 0.3) is 11.1 Å². The SMILES string of the molecule is CN(Cc1cc(-c2ccccc2)cs1)CC(O)CN1CCOCC1. The van der Waals surface area contributed by atoms with Crippen LogP contribution in [0.5, 0.6) is 0 Å². The molecule has 0 saturated carbocycles. The van der Waals surface area contributed by atoms with Crippen LogP contribution in [0.4, 0.5) is 0 Å². The van der Waals surface area contributed by atoms with Crippen LogP contribution in [0.1, 0.15) is 4.88 Å². The minimum atomic E-state index is -0.318. The van der Waals surface area contributed by atoms with E-state index in [-0.39, 0.29) is 6.10 Å². The topological polar surface area (TPSA) is 35.9 Å². The van der Waals surface area contributed by atoms with Gasteiger partial charge in [0.15, 0.2) is 0 Å². The summed E-state index contributed by atoms with van der Waals surface area (Å²) in [7, 11) is 2.07. The number of likely N-dealkylation sites (N-methyl/N-ethyl adjacent to an activating group) is 1. The van der Waals surface area contributed by atoms with Gasteiger partial charge in [0.1, 0.15) is 0 Å². The van der Waals surface area contributed by atoms with Crippen molar-refractivity contribution in [3.05, 3.63) is 46.7 Å². The molecule has 5 heteroatoms. The number of ether oxygens (including phenoxy) is 1. The molecule has 0 aliphatic carbocycles. The quantitative estimate of drug-likeness (QED) is 0.836. The van der Waals surface area contributed by atoms with E-state index in [9.17, 15) is 5.11 Å². The van der Waals surface area contributed by atoms with Gasteiger partial charge in [-0.15, -0.1) is 11.3 Å². The molecule has 2 heterocycles. The third-order valence-electron chi connectivity index (χ3n) is 4.28. The molecule has 24 heavy (non-hydrogen) atoms. The number of benzene rings is 1. The lowest BCUT2D eigenvalue weighted by atomic mass is 10.1. The largest absolute Gasteiger partial charge is 0.390 e. The smallest absolute Gasteiger partial charge is 0.0793 e. The van der Waals surface area contributed by atoms with Gasteiger partial charge in [-0.1, -0.05) is 30.3 Å². The first-order valence-corrected chi connectivity index (χ1v) is 9.38. The highest BCUT2D eigenvalue weighted by atomic mass is 32.1. The fourth-order valence-electron chi connectivity index (χ4n) is 3.08. The Hall–Kier alpha value is -1.24. The Morgan fingerprint density at radius 1 is 1.21 bits per heavy atom. The van der Waals surface area contributed by atoms with E-state index in [0.29, 0.717) is 6.54 Å². The van der Waals surface area contributed by atoms with Crippen LogP contribution in [0, 0.1) is 0 Å². The fraction of sp³-hybridized carbons (Fsp3) is 0.474. The van der Waals surface area contributed by atoms with E-state index in [1.165, 1.54) is 16.0 Å². The minimum absolute atomic E-state index is 0.318. The summed E-state index contributed by atoms with van der Waals surface area (Å²) >= 11 is 1.79. The molecule has 1 aliphatic heterocycles. The summed E-state index contributed by atoms with van der Waals surface area (Å²) in [5.41, 5.74) is 2.54. The molecular formula is C19H26N2O2S. The average molecular weight is 346 g/mol. The van der Waals surface area contributed by atoms with Crippen LogP contribution in [0.15, 0.2) is 41.8 Å². The molecule has 0 spiro atoms. The summed E-state index contributed by atoms with van der Waals surface area (Å²) in [5, 5.41) is 12.5. The highest BCUT2D eigenvalue weighted by Gasteiger charge is 2.16. The minimum Gasteiger partial charge on any atom is -0.390 e. The normalized spacial score (nSPS) is 17.3. The van der Waals surface area contributed by atoms with Gasteiger partial charge in [0.25, 0.3) is 0 Å². The second-order valence-corrected chi connectivity index (χ2v) is 7.43. The van der Waals surface area contributed by atoms with Gasteiger partial charge < -0.3 is 9.84 Å². The molecule has 1 saturated heterocycles. The summed E-state index contributed by atoms with van der Waals surface area (Å²) in [6, 6.07) is 12.7. The molecule has 1 unspecified atom stereocenters. The Balaban J connectivity index is 1.48. The number of thiophene rings is 1. The molecule has 0 bridgehead atoms. The standard InChI is InChI=1S/C19H26N2O2S/c1-20(12-18(22)13-21-7-9-23-10-8-21)14-19-11-17(15-24-19)16-5-3-2-4-6-16/h2-6,11,15,18,22H,7-10,12-14H2,1H3. The summed E-state index contributed by atoms with van der Waals surface area (Å²) in [5.74, 6) is 0. The molecular weight excluding hydrogens is 320 g/mol. The number of rotatable bonds is 7. The monoisotopic (exact) mass is 346 g/mol. The lowest BCUT2D eigenvalue weighted by Gasteiger charge is -2.30. The summed E-state index contributed by atoms with van der Waals surface area (Å²) in [4.78, 5) is 5.81. The van der Waals surface area contributed by atoms with Crippen molar-refractivity contribution in [3.8, 4) is 11.1 Å². The van der Waals surface area contributed by atoms with E-state index in [0.717, 1.165) is 39.4 Å². The third kappa shape index (κ3) is 5.13. The van der Waals surface area contributed by atoms with Crippen molar-refractivity contribution in [2.75, 3.05) is 46.4 Å². The molecule has 4 nitrogen and oxygen atoms in total. The van der Waals surface area contributed by atoms with Crippen LogP contribution in [-0.4, -0.2) is 67.5 Å². The van der Waals surface area contributed by atoms with Gasteiger partial charge in [-0.2, -0.15) is 0 Å². The van der Waals surface area contributed by atoms with E-state index in [1.54, 1.807) is 11.3 Å². The number of morpholine rings is 1. The van der Waals surface area contributed by atoms with Gasteiger partial charge in [0, 0.05) is 37.6 Å². The van der Waals surface area contributed by atoms with Gasteiger partial charge in [-0.05, 0) is 29.6 Å². The molecule has 1 atom stereocenters. The summed E-state index contributed by atoms with van der Waals surface area (Å²) in [6.07, 6.45) is -0.318. The average Bonchev–Trinajstić information content (AvgIpc) is 3.04. The van der Waals surface area contributed by atoms with Crippen molar-refractivity contribution in [2.45, 2.75) is 12.6 Å². The predicted molar refractivity (Wildman–Crippen MR) is 99.4 cm³/mol. The van der Waals surface area contributed by atoms with Gasteiger partial charge in [-0.25, -0.2) is 0 Å². The van der Waals surface area contributed by atoms with E-state index in [2.05, 4.69) is 52.6 Å². The van der Waals surface area contributed by atoms with Crippen molar-refractivity contribution < 1.29 is 9.84 Å². The third-order valence-corrected chi connectivity index (χ3v) is 5.20. The second-order valence-electron chi connectivity index (χ2n) is 6.43. The van der Waals surface area contributed by atoms with E-state index in [4.69, 9.17) is 4.74 Å². The van der Waals surface area contributed by atoms with Crippen LogP contribution in [0.3, 0.4) is 0 Å². The van der Waals surface area contributed by atoms with E-state index >= 15 is 0 Å². The van der Waals surface area contributed by atoms with Crippen molar-refractivity contribution >= 4 is 11.3 Å². The van der Waals surface area contributed by atoms with E-state index in [1.807, 2.05) is 6.07 Å². The number of hydrogen-bond acceptors (Lipinski definition) is 5. The number of hydrogen-bond donors (Lipinski definition) is 1. The fourth-order valence-corrected chi connectivity index (χ4v) is 4.05. The zero-order chi connectivity index (χ0) is 16.8. The molecule has 3 rings (SSSR count). The molecule has 130 valence electrons. The maximum absolute atomic E-state index is 10.3. The Morgan fingerprint density at radius 3 is 2.71 bits per heavy atom. The number of nitrogens with zero attached hydrogens (tertiary/aromatic N) is 2. The van der Waals surface area contributed by atoms with Crippen LogP contribution < -0.4 is 0 Å². The predicted octanol–water partition coefficient (Wildman–Crippen LogP) is 2.54. The molecule has 1 aliphatic rings. The maximum Gasteiger partial charge on any atom is 0.0793 e. The number of β-amino-alcohol motifs (C(OH)–C–C–N with tert-alkyl or cyclic N) is 1. The first-order valence-electron chi connectivity index (χ1n) is 8.50. The number of aliphatic hydroxyl groups excluding tert-OH is 1. The second kappa shape index (κ2) is 8.74. The molecule has 0 radical (unpaired) electrons. The molecule has 1 fully saturated rings. The highest BCUT2D eigenvalue weighted by molar-refractivity contribution is 7.10. The zero-order valence-electron chi connectivity index (χ0n) is 14.2. The molecule has 2 aromatic rings. The zero-order valence-corrected chi connectivity index (χ0v) is 15.0. The van der Waals surface area contributed by atoms with Crippen LogP contribution >= 0.6 is 11.3 Å². The lowest BCUT2D eigenvalue weighted by Crippen LogP contribution is -2.43.